The van der Waals surface area contributed by atoms with Crippen molar-refractivity contribution < 1.29 is 16.8 Å². The smallest absolute Gasteiger partial charge is 0.241 e. The summed E-state index contributed by atoms with van der Waals surface area (Å²) in [6.45, 7) is 2.91. The molecule has 0 radical (unpaired) electrons. The second-order valence-corrected chi connectivity index (χ2v) is 14.4. The summed E-state index contributed by atoms with van der Waals surface area (Å²) in [4.78, 5) is 4.98. The van der Waals surface area contributed by atoms with Crippen molar-refractivity contribution in [3.63, 3.8) is 0 Å². The highest BCUT2D eigenvalue weighted by atomic mass is 32.2. The second-order valence-electron chi connectivity index (χ2n) is 9.66. The number of sulfonamides is 2. The molecule has 1 saturated carbocycles. The first-order valence-electron chi connectivity index (χ1n) is 12.2. The van der Waals surface area contributed by atoms with E-state index >= 15 is 0 Å². The highest BCUT2D eigenvalue weighted by molar-refractivity contribution is 7.89. The molecule has 1 N–H and O–H groups in total. The molecule has 1 saturated heterocycles. The summed E-state index contributed by atoms with van der Waals surface area (Å²) in [5.74, 6) is 0.545. The van der Waals surface area contributed by atoms with Crippen molar-refractivity contribution in [1.82, 2.24) is 14.0 Å². The SMILES string of the molecule is C[C@@H]1CCCC[C@@H]1NS(=O)(=O)c1ccc(S(=O)(=O)N2CCC(c3nc4ccccc4s3)CC2)cc1. The lowest BCUT2D eigenvalue weighted by Crippen LogP contribution is -2.41. The zero-order valence-corrected chi connectivity index (χ0v) is 22.2. The Morgan fingerprint density at radius 3 is 2.23 bits per heavy atom. The standard InChI is InChI=1S/C25H31N3O4S3/c1-18-6-2-3-7-22(18)27-34(29,30)20-10-12-21(13-11-20)35(31,32)28-16-14-19(15-17-28)25-26-23-8-4-5-9-24(23)33-25/h4-5,8-13,18-19,22,27H,2-3,6-7,14-17H2,1H3/t18-,22+/m1/s1. The third kappa shape index (κ3) is 5.17. The van der Waals surface area contributed by atoms with Crippen LogP contribution < -0.4 is 4.72 Å². The van der Waals surface area contributed by atoms with Gasteiger partial charge in [-0.05, 0) is 68.0 Å². The summed E-state index contributed by atoms with van der Waals surface area (Å²) < 4.78 is 57.7. The molecule has 188 valence electrons. The molecule has 0 amide bonds. The fourth-order valence-electron chi connectivity index (χ4n) is 5.11. The van der Waals surface area contributed by atoms with E-state index in [4.69, 9.17) is 4.98 Å². The molecule has 2 atom stereocenters. The van der Waals surface area contributed by atoms with Crippen molar-refractivity contribution in [3.05, 3.63) is 53.5 Å². The Labute approximate surface area is 211 Å². The summed E-state index contributed by atoms with van der Waals surface area (Å²) in [6, 6.07) is 13.6. The molecule has 2 aliphatic rings. The number of para-hydroxylation sites is 1. The van der Waals surface area contributed by atoms with Crippen LogP contribution in [0.25, 0.3) is 10.2 Å². The molecule has 10 heteroatoms. The Balaban J connectivity index is 1.25. The fourth-order valence-corrected chi connectivity index (χ4v) is 9.09. The van der Waals surface area contributed by atoms with E-state index in [1.807, 2.05) is 18.2 Å². The molecular formula is C25H31N3O4S3. The highest BCUT2D eigenvalue weighted by Gasteiger charge is 2.32. The van der Waals surface area contributed by atoms with Crippen LogP contribution in [-0.4, -0.2) is 45.3 Å². The Hall–Kier alpha value is -1.85. The summed E-state index contributed by atoms with van der Waals surface area (Å²) >= 11 is 1.68. The minimum Gasteiger partial charge on any atom is -0.241 e. The molecule has 1 aromatic heterocycles. The van der Waals surface area contributed by atoms with Gasteiger partial charge < -0.3 is 0 Å². The van der Waals surface area contributed by atoms with Crippen molar-refractivity contribution in [1.29, 1.82) is 0 Å². The molecule has 2 heterocycles. The van der Waals surface area contributed by atoms with E-state index in [1.165, 1.54) is 28.6 Å². The van der Waals surface area contributed by atoms with E-state index < -0.39 is 20.0 Å². The molecule has 2 aromatic carbocycles. The molecule has 5 rings (SSSR count). The molecule has 3 aromatic rings. The number of aromatic nitrogens is 1. The van der Waals surface area contributed by atoms with Gasteiger partial charge in [0, 0.05) is 25.0 Å². The number of thiazole rings is 1. The van der Waals surface area contributed by atoms with Crippen LogP contribution in [0.15, 0.2) is 58.3 Å². The van der Waals surface area contributed by atoms with Crippen LogP contribution in [0.5, 0.6) is 0 Å². The molecule has 0 bridgehead atoms. The first-order valence-corrected chi connectivity index (χ1v) is 16.0. The third-order valence-corrected chi connectivity index (χ3v) is 11.9. The van der Waals surface area contributed by atoms with E-state index in [1.54, 1.807) is 11.3 Å². The van der Waals surface area contributed by atoms with Crippen molar-refractivity contribution in [2.24, 2.45) is 5.92 Å². The van der Waals surface area contributed by atoms with Gasteiger partial charge in [-0.25, -0.2) is 26.5 Å². The topological polar surface area (TPSA) is 96.4 Å². The van der Waals surface area contributed by atoms with Gasteiger partial charge in [-0.1, -0.05) is 31.9 Å². The summed E-state index contributed by atoms with van der Waals surface area (Å²) in [5, 5.41) is 1.07. The summed E-state index contributed by atoms with van der Waals surface area (Å²) in [5.41, 5.74) is 0.991. The van der Waals surface area contributed by atoms with E-state index in [-0.39, 0.29) is 21.8 Å². The number of fused-ring (bicyclic) bond motifs is 1. The lowest BCUT2D eigenvalue weighted by Gasteiger charge is -2.30. The summed E-state index contributed by atoms with van der Waals surface area (Å²) in [7, 11) is -7.38. The quantitative estimate of drug-likeness (QED) is 0.495. The molecule has 2 fully saturated rings. The van der Waals surface area contributed by atoms with Gasteiger partial charge in [0.05, 0.1) is 25.0 Å². The van der Waals surface area contributed by atoms with Gasteiger partial charge in [-0.3, -0.25) is 0 Å². The maximum atomic E-state index is 13.2. The Morgan fingerprint density at radius 2 is 1.54 bits per heavy atom. The van der Waals surface area contributed by atoms with Crippen molar-refractivity contribution >= 4 is 41.6 Å². The molecule has 7 nitrogen and oxygen atoms in total. The Morgan fingerprint density at radius 1 is 0.886 bits per heavy atom. The van der Waals surface area contributed by atoms with Crippen LogP contribution in [0.4, 0.5) is 0 Å². The maximum absolute atomic E-state index is 13.2. The van der Waals surface area contributed by atoms with Crippen molar-refractivity contribution in [2.75, 3.05) is 13.1 Å². The maximum Gasteiger partial charge on any atom is 0.243 e. The molecule has 0 spiro atoms. The third-order valence-electron chi connectivity index (χ3n) is 7.30. The lowest BCUT2D eigenvalue weighted by molar-refractivity contribution is 0.310. The molecule has 35 heavy (non-hydrogen) atoms. The normalized spacial score (nSPS) is 23.0. The molecule has 1 aliphatic heterocycles. The first-order chi connectivity index (χ1) is 16.7. The van der Waals surface area contributed by atoms with Gasteiger partial charge in [0.25, 0.3) is 0 Å². The minimum absolute atomic E-state index is 0.0751. The molecule has 1 aliphatic carbocycles. The Bertz CT molecular complexity index is 1360. The lowest BCUT2D eigenvalue weighted by atomic mass is 9.87. The van der Waals surface area contributed by atoms with Gasteiger partial charge in [0.2, 0.25) is 20.0 Å². The van der Waals surface area contributed by atoms with Crippen LogP contribution in [0, 0.1) is 5.92 Å². The number of nitrogens with zero attached hydrogens (tertiary/aromatic N) is 2. The second kappa shape index (κ2) is 9.89. The monoisotopic (exact) mass is 533 g/mol. The van der Waals surface area contributed by atoms with E-state index in [2.05, 4.69) is 17.7 Å². The van der Waals surface area contributed by atoms with Crippen LogP contribution in [0.1, 0.15) is 56.4 Å². The fraction of sp³-hybridized carbons (Fsp3) is 0.480. The van der Waals surface area contributed by atoms with Gasteiger partial charge in [0.15, 0.2) is 0 Å². The summed E-state index contributed by atoms with van der Waals surface area (Å²) in [6.07, 6.45) is 5.43. The van der Waals surface area contributed by atoms with Gasteiger partial charge in [0.1, 0.15) is 0 Å². The first kappa shape index (κ1) is 24.8. The predicted octanol–water partition coefficient (Wildman–Crippen LogP) is 4.72. The average molecular weight is 534 g/mol. The van der Waals surface area contributed by atoms with Crippen LogP contribution in [0.2, 0.25) is 0 Å². The van der Waals surface area contributed by atoms with E-state index in [0.29, 0.717) is 19.0 Å². The van der Waals surface area contributed by atoms with E-state index in [0.717, 1.165) is 53.7 Å². The van der Waals surface area contributed by atoms with Crippen molar-refractivity contribution in [3.8, 4) is 0 Å². The Kier molecular flexibility index (Phi) is 7.02. The zero-order chi connectivity index (χ0) is 24.6. The number of nitrogens with one attached hydrogen (secondary N) is 1. The predicted molar refractivity (Wildman–Crippen MR) is 139 cm³/mol. The van der Waals surface area contributed by atoms with Gasteiger partial charge in [-0.15, -0.1) is 11.3 Å². The number of hydrogen-bond donors (Lipinski definition) is 1. The number of piperidine rings is 1. The zero-order valence-electron chi connectivity index (χ0n) is 19.8. The highest BCUT2D eigenvalue weighted by Crippen LogP contribution is 2.35. The molecule has 0 unspecified atom stereocenters. The minimum atomic E-state index is -3.69. The van der Waals surface area contributed by atoms with Crippen LogP contribution in [-0.2, 0) is 20.0 Å². The number of hydrogen-bond acceptors (Lipinski definition) is 6. The largest absolute Gasteiger partial charge is 0.243 e. The van der Waals surface area contributed by atoms with E-state index in [9.17, 15) is 16.8 Å². The average Bonchev–Trinajstić information content (AvgIpc) is 3.30. The van der Waals surface area contributed by atoms with Crippen molar-refractivity contribution in [2.45, 2.75) is 67.2 Å². The number of benzene rings is 2. The van der Waals surface area contributed by atoms with Gasteiger partial charge in [-0.2, -0.15) is 4.31 Å². The van der Waals surface area contributed by atoms with Gasteiger partial charge >= 0.3 is 0 Å². The van der Waals surface area contributed by atoms with Crippen LogP contribution in [0.3, 0.4) is 0 Å². The molecular weight excluding hydrogens is 502 g/mol. The number of rotatable bonds is 6. The van der Waals surface area contributed by atoms with Crippen LogP contribution >= 0.6 is 11.3 Å².